The fourth-order valence-corrected chi connectivity index (χ4v) is 6.62. The van der Waals surface area contributed by atoms with Gasteiger partial charge >= 0.3 is 5.97 Å². The van der Waals surface area contributed by atoms with Crippen LogP contribution in [0, 0.1) is 22.7 Å². The first kappa shape index (κ1) is 16.1. The number of hydrogen-bond acceptors (Lipinski definition) is 2. The molecule has 3 unspecified atom stereocenters. The first-order chi connectivity index (χ1) is 10.3. The van der Waals surface area contributed by atoms with Crippen LogP contribution in [0.4, 0.5) is 0 Å². The van der Waals surface area contributed by atoms with Gasteiger partial charge in [-0.05, 0) is 62.2 Å². The predicted molar refractivity (Wildman–Crippen MR) is 89.4 cm³/mol. The van der Waals surface area contributed by atoms with E-state index in [1.165, 1.54) is 32.1 Å². The molecule has 22 heavy (non-hydrogen) atoms. The lowest BCUT2D eigenvalue weighted by Crippen LogP contribution is -2.65. The van der Waals surface area contributed by atoms with E-state index in [4.69, 9.17) is 4.74 Å². The summed E-state index contributed by atoms with van der Waals surface area (Å²) in [4.78, 5) is 12.4. The zero-order valence-electron chi connectivity index (χ0n) is 14.8. The van der Waals surface area contributed by atoms with E-state index in [0.29, 0.717) is 22.3 Å². The van der Waals surface area contributed by atoms with Crippen molar-refractivity contribution in [3.63, 3.8) is 0 Å². The predicted octanol–water partition coefficient (Wildman–Crippen LogP) is 5.27. The first-order valence-corrected chi connectivity index (χ1v) is 9.22. The molecule has 0 spiro atoms. The Morgan fingerprint density at radius 3 is 2.05 bits per heavy atom. The molecule has 0 amide bonds. The van der Waals surface area contributed by atoms with Gasteiger partial charge in [0.15, 0.2) is 0 Å². The minimum absolute atomic E-state index is 0.169. The van der Waals surface area contributed by atoms with Crippen molar-refractivity contribution in [1.29, 1.82) is 0 Å². The lowest BCUT2D eigenvalue weighted by atomic mass is 9.38. The van der Waals surface area contributed by atoms with E-state index in [-0.39, 0.29) is 11.6 Å². The van der Waals surface area contributed by atoms with E-state index >= 15 is 0 Å². The standard InChI is InChI=1S/C20H32O2/c1-6-16-15-9-18(7-2)11-19(8-3,10-15)13-20(16,12-18)22-17(21)14(4)5/h15-16H,4,6-13H2,1-3,5H3. The van der Waals surface area contributed by atoms with Gasteiger partial charge in [-0.2, -0.15) is 0 Å². The van der Waals surface area contributed by atoms with Crippen LogP contribution in [0.3, 0.4) is 0 Å². The smallest absolute Gasteiger partial charge is 0.333 e. The molecule has 4 saturated carbocycles. The Balaban J connectivity index is 2.01. The van der Waals surface area contributed by atoms with Gasteiger partial charge in [0.25, 0.3) is 0 Å². The molecule has 4 aliphatic rings. The lowest BCUT2D eigenvalue weighted by molar-refractivity contribution is -0.249. The van der Waals surface area contributed by atoms with E-state index in [0.717, 1.165) is 25.2 Å². The van der Waals surface area contributed by atoms with Crippen molar-refractivity contribution < 1.29 is 9.53 Å². The van der Waals surface area contributed by atoms with E-state index < -0.39 is 0 Å². The minimum atomic E-state index is -0.212. The molecule has 0 aliphatic heterocycles. The number of hydrogen-bond donors (Lipinski definition) is 0. The zero-order valence-corrected chi connectivity index (χ0v) is 14.8. The molecular formula is C20H32O2. The van der Waals surface area contributed by atoms with Crippen molar-refractivity contribution in [2.24, 2.45) is 22.7 Å². The number of esters is 1. The van der Waals surface area contributed by atoms with Gasteiger partial charge in [0.05, 0.1) is 0 Å². The second-order valence-corrected chi connectivity index (χ2v) is 8.66. The maximum Gasteiger partial charge on any atom is 0.333 e. The van der Waals surface area contributed by atoms with Crippen LogP contribution >= 0.6 is 0 Å². The van der Waals surface area contributed by atoms with Crippen molar-refractivity contribution in [2.45, 2.75) is 84.7 Å². The van der Waals surface area contributed by atoms with Gasteiger partial charge < -0.3 is 4.74 Å². The van der Waals surface area contributed by atoms with Gasteiger partial charge in [-0.25, -0.2) is 4.79 Å². The Labute approximate surface area is 135 Å². The Kier molecular flexibility index (Phi) is 3.73. The summed E-state index contributed by atoms with van der Waals surface area (Å²) in [6, 6.07) is 0. The second-order valence-electron chi connectivity index (χ2n) is 8.66. The Morgan fingerprint density at radius 2 is 1.64 bits per heavy atom. The van der Waals surface area contributed by atoms with Gasteiger partial charge in [0.2, 0.25) is 0 Å². The molecule has 4 aliphatic carbocycles. The highest BCUT2D eigenvalue weighted by Gasteiger charge is 2.67. The monoisotopic (exact) mass is 304 g/mol. The number of carbonyl (C=O) groups is 1. The van der Waals surface area contributed by atoms with Crippen LogP contribution in [-0.2, 0) is 9.53 Å². The molecule has 0 aromatic heterocycles. The van der Waals surface area contributed by atoms with Crippen molar-refractivity contribution in [3.8, 4) is 0 Å². The van der Waals surface area contributed by atoms with Gasteiger partial charge in [-0.3, -0.25) is 0 Å². The van der Waals surface area contributed by atoms with E-state index in [9.17, 15) is 4.79 Å². The molecule has 2 nitrogen and oxygen atoms in total. The van der Waals surface area contributed by atoms with Gasteiger partial charge in [0, 0.05) is 11.5 Å². The summed E-state index contributed by atoms with van der Waals surface area (Å²) >= 11 is 0. The zero-order chi connectivity index (χ0) is 16.2. The topological polar surface area (TPSA) is 26.3 Å². The van der Waals surface area contributed by atoms with Gasteiger partial charge in [-0.15, -0.1) is 0 Å². The summed E-state index contributed by atoms with van der Waals surface area (Å²) in [5, 5.41) is 0. The van der Waals surface area contributed by atoms with Crippen LogP contribution in [-0.4, -0.2) is 11.6 Å². The molecule has 0 aromatic carbocycles. The fourth-order valence-electron chi connectivity index (χ4n) is 6.62. The fraction of sp³-hybridized carbons (Fsp3) is 0.850. The SMILES string of the molecule is C=C(C)C(=O)OC12CC3(CC)CC(CC(CC)(C3)C1)C2CC. The van der Waals surface area contributed by atoms with Crippen LogP contribution < -0.4 is 0 Å². The van der Waals surface area contributed by atoms with E-state index in [1.54, 1.807) is 6.92 Å². The molecule has 124 valence electrons. The summed E-state index contributed by atoms with van der Waals surface area (Å²) in [7, 11) is 0. The highest BCUT2D eigenvalue weighted by molar-refractivity contribution is 5.87. The normalized spacial score (nSPS) is 45.8. The third-order valence-corrected chi connectivity index (χ3v) is 7.32. The number of ether oxygens (including phenoxy) is 1. The van der Waals surface area contributed by atoms with Crippen molar-refractivity contribution in [3.05, 3.63) is 12.2 Å². The average Bonchev–Trinajstić information content (AvgIpc) is 2.46. The van der Waals surface area contributed by atoms with Crippen molar-refractivity contribution >= 4 is 5.97 Å². The quantitative estimate of drug-likeness (QED) is 0.511. The van der Waals surface area contributed by atoms with Crippen molar-refractivity contribution in [1.82, 2.24) is 0 Å². The van der Waals surface area contributed by atoms with Crippen LogP contribution in [0.2, 0.25) is 0 Å². The molecule has 4 rings (SSSR count). The summed E-state index contributed by atoms with van der Waals surface area (Å²) in [5.74, 6) is 1.13. The van der Waals surface area contributed by atoms with Gasteiger partial charge in [-0.1, -0.05) is 40.2 Å². The lowest BCUT2D eigenvalue weighted by Gasteiger charge is -2.69. The molecule has 0 radical (unpaired) electrons. The minimum Gasteiger partial charge on any atom is -0.455 e. The molecule has 2 heteroatoms. The summed E-state index contributed by atoms with van der Waals surface area (Å²) < 4.78 is 6.23. The molecular weight excluding hydrogens is 272 g/mol. The van der Waals surface area contributed by atoms with Crippen LogP contribution in [0.5, 0.6) is 0 Å². The van der Waals surface area contributed by atoms with Crippen molar-refractivity contribution in [2.75, 3.05) is 0 Å². The molecule has 0 saturated heterocycles. The summed E-state index contributed by atoms with van der Waals surface area (Å²) in [6.07, 6.45) is 9.84. The summed E-state index contributed by atoms with van der Waals surface area (Å²) in [5.41, 5.74) is 1.16. The molecule has 4 fully saturated rings. The van der Waals surface area contributed by atoms with Crippen LogP contribution in [0.1, 0.15) is 79.1 Å². The molecule has 0 N–H and O–H groups in total. The van der Waals surface area contributed by atoms with E-state index in [2.05, 4.69) is 27.4 Å². The Bertz CT molecular complexity index is 472. The Morgan fingerprint density at radius 1 is 1.09 bits per heavy atom. The van der Waals surface area contributed by atoms with Crippen LogP contribution in [0.25, 0.3) is 0 Å². The first-order valence-electron chi connectivity index (χ1n) is 9.22. The highest BCUT2D eigenvalue weighted by Crippen LogP contribution is 2.71. The molecule has 4 bridgehead atoms. The van der Waals surface area contributed by atoms with Crippen LogP contribution in [0.15, 0.2) is 12.2 Å². The maximum atomic E-state index is 12.4. The number of carbonyl (C=O) groups excluding carboxylic acids is 1. The maximum absolute atomic E-state index is 12.4. The molecule has 0 heterocycles. The third kappa shape index (κ3) is 2.17. The number of rotatable bonds is 5. The van der Waals surface area contributed by atoms with Gasteiger partial charge in [0.1, 0.15) is 5.60 Å². The average molecular weight is 304 g/mol. The largest absolute Gasteiger partial charge is 0.455 e. The Hall–Kier alpha value is -0.790. The second kappa shape index (κ2) is 5.11. The molecule has 0 aromatic rings. The summed E-state index contributed by atoms with van der Waals surface area (Å²) in [6.45, 7) is 12.5. The third-order valence-electron chi connectivity index (χ3n) is 7.32. The van der Waals surface area contributed by atoms with E-state index in [1.807, 2.05) is 0 Å². The highest BCUT2D eigenvalue weighted by atomic mass is 16.6. The molecule has 3 atom stereocenters.